The van der Waals surface area contributed by atoms with Gasteiger partial charge in [0.2, 0.25) is 0 Å². The molecule has 0 saturated carbocycles. The highest BCUT2D eigenvalue weighted by atomic mass is 35.5. The number of hydrogen-bond acceptors (Lipinski definition) is 2. The molecule has 154 valence electrons. The lowest BCUT2D eigenvalue weighted by Gasteiger charge is -2.24. The molecule has 1 heterocycles. The Hall–Kier alpha value is -2.61. The van der Waals surface area contributed by atoms with Gasteiger partial charge in [0.15, 0.2) is 0 Å². The highest BCUT2D eigenvalue weighted by molar-refractivity contribution is 6.33. The maximum atomic E-state index is 14.0. The Kier molecular flexibility index (Phi) is 6.12. The largest absolute Gasteiger partial charge is 0.417 e. The average Bonchev–Trinajstić information content (AvgIpc) is 2.93. The number of nitrogens with zero attached hydrogens (tertiary/aromatic N) is 2. The maximum Gasteiger partial charge on any atom is 0.417 e. The Balaban J connectivity index is 1.77. The van der Waals surface area contributed by atoms with Crippen LogP contribution in [0.5, 0.6) is 0 Å². The van der Waals surface area contributed by atoms with Crippen molar-refractivity contribution in [2.24, 2.45) is 0 Å². The zero-order valence-electron chi connectivity index (χ0n) is 15.2. The fourth-order valence-corrected chi connectivity index (χ4v) is 3.51. The molecule has 1 aliphatic rings. The number of halogens is 5. The standard InChI is InChI=1S/C20H17ClF4N2O2/c21-15-7-3-8-16(22)17(15)19(29)27-10-4-9-26(11-12-27)18(28)13-5-1-2-6-14(13)20(23,24)25/h1-3,5-8H,4,9-12H2. The predicted molar refractivity (Wildman–Crippen MR) is 99.3 cm³/mol. The van der Waals surface area contributed by atoms with E-state index in [4.69, 9.17) is 11.6 Å². The van der Waals surface area contributed by atoms with Crippen molar-refractivity contribution in [1.29, 1.82) is 0 Å². The minimum absolute atomic E-state index is 0.0220. The van der Waals surface area contributed by atoms with E-state index in [1.807, 2.05) is 0 Å². The summed E-state index contributed by atoms with van der Waals surface area (Å²) < 4.78 is 53.7. The molecule has 2 amide bonds. The third kappa shape index (κ3) is 4.53. The number of carbonyl (C=O) groups excluding carboxylic acids is 2. The molecule has 1 fully saturated rings. The van der Waals surface area contributed by atoms with Crippen molar-refractivity contribution in [1.82, 2.24) is 9.80 Å². The lowest BCUT2D eigenvalue weighted by molar-refractivity contribution is -0.138. The first-order valence-electron chi connectivity index (χ1n) is 8.89. The summed E-state index contributed by atoms with van der Waals surface area (Å²) >= 11 is 5.95. The molecular weight excluding hydrogens is 412 g/mol. The third-order valence-electron chi connectivity index (χ3n) is 4.71. The van der Waals surface area contributed by atoms with Crippen LogP contribution >= 0.6 is 11.6 Å². The molecule has 1 aliphatic heterocycles. The second kappa shape index (κ2) is 8.41. The van der Waals surface area contributed by atoms with E-state index in [9.17, 15) is 27.2 Å². The van der Waals surface area contributed by atoms with Gasteiger partial charge in [0.1, 0.15) is 5.82 Å². The fraction of sp³-hybridized carbons (Fsp3) is 0.300. The molecule has 0 aromatic heterocycles. The Morgan fingerprint density at radius 3 is 2.10 bits per heavy atom. The number of carbonyl (C=O) groups is 2. The molecular formula is C20H17ClF4N2O2. The smallest absolute Gasteiger partial charge is 0.337 e. The number of rotatable bonds is 2. The zero-order chi connectivity index (χ0) is 21.2. The number of amides is 2. The van der Waals surface area contributed by atoms with Gasteiger partial charge in [-0.15, -0.1) is 0 Å². The van der Waals surface area contributed by atoms with Crippen molar-refractivity contribution < 1.29 is 27.2 Å². The topological polar surface area (TPSA) is 40.6 Å². The summed E-state index contributed by atoms with van der Waals surface area (Å²) in [5.74, 6) is -2.12. The molecule has 0 aliphatic carbocycles. The molecule has 9 heteroatoms. The van der Waals surface area contributed by atoms with Gasteiger partial charge in [0, 0.05) is 26.2 Å². The molecule has 1 saturated heterocycles. The van der Waals surface area contributed by atoms with Crippen molar-refractivity contribution in [3.8, 4) is 0 Å². The van der Waals surface area contributed by atoms with Gasteiger partial charge in [-0.3, -0.25) is 9.59 Å². The summed E-state index contributed by atoms with van der Waals surface area (Å²) in [4.78, 5) is 28.0. The summed E-state index contributed by atoms with van der Waals surface area (Å²) in [6.45, 7) is 0.500. The summed E-state index contributed by atoms with van der Waals surface area (Å²) in [6, 6.07) is 8.51. The summed E-state index contributed by atoms with van der Waals surface area (Å²) in [5, 5.41) is -0.0220. The molecule has 0 spiro atoms. The molecule has 29 heavy (non-hydrogen) atoms. The Bertz CT molecular complexity index is 913. The van der Waals surface area contributed by atoms with Gasteiger partial charge in [-0.25, -0.2) is 4.39 Å². The van der Waals surface area contributed by atoms with Crippen LogP contribution in [0.4, 0.5) is 17.6 Å². The van der Waals surface area contributed by atoms with Crippen molar-refractivity contribution in [3.63, 3.8) is 0 Å². The number of alkyl halides is 3. The normalized spacial score (nSPS) is 15.2. The van der Waals surface area contributed by atoms with Gasteiger partial charge in [0.25, 0.3) is 11.8 Å². The first-order valence-corrected chi connectivity index (χ1v) is 9.26. The van der Waals surface area contributed by atoms with Gasteiger partial charge < -0.3 is 9.80 Å². The van der Waals surface area contributed by atoms with Crippen molar-refractivity contribution in [3.05, 3.63) is 70.0 Å². The minimum Gasteiger partial charge on any atom is -0.337 e. The van der Waals surface area contributed by atoms with E-state index < -0.39 is 34.9 Å². The van der Waals surface area contributed by atoms with Gasteiger partial charge in [-0.2, -0.15) is 13.2 Å². The van der Waals surface area contributed by atoms with E-state index in [-0.39, 0.29) is 36.8 Å². The molecule has 3 rings (SSSR count). The SMILES string of the molecule is O=C(c1ccccc1C(F)(F)F)N1CCCN(C(=O)c2c(F)cccc2Cl)CC1. The van der Waals surface area contributed by atoms with Crippen molar-refractivity contribution >= 4 is 23.4 Å². The van der Waals surface area contributed by atoms with E-state index in [1.54, 1.807) is 0 Å². The lowest BCUT2D eigenvalue weighted by atomic mass is 10.1. The van der Waals surface area contributed by atoms with Crippen LogP contribution < -0.4 is 0 Å². The van der Waals surface area contributed by atoms with Crippen LogP contribution in [0.15, 0.2) is 42.5 Å². The quantitative estimate of drug-likeness (QED) is 0.661. The monoisotopic (exact) mass is 428 g/mol. The lowest BCUT2D eigenvalue weighted by Crippen LogP contribution is -2.38. The molecule has 0 atom stereocenters. The molecule has 0 unspecified atom stereocenters. The molecule has 4 nitrogen and oxygen atoms in total. The van der Waals surface area contributed by atoms with Crippen molar-refractivity contribution in [2.45, 2.75) is 12.6 Å². The molecule has 2 aromatic carbocycles. The molecule has 0 bridgehead atoms. The van der Waals surface area contributed by atoms with Crippen LogP contribution in [0, 0.1) is 5.82 Å². The summed E-state index contributed by atoms with van der Waals surface area (Å²) in [7, 11) is 0. The van der Waals surface area contributed by atoms with Crippen LogP contribution in [-0.4, -0.2) is 47.8 Å². The summed E-state index contributed by atoms with van der Waals surface area (Å²) in [6.07, 6.45) is -4.31. The van der Waals surface area contributed by atoms with Crippen LogP contribution in [0.1, 0.15) is 32.7 Å². The zero-order valence-corrected chi connectivity index (χ0v) is 15.9. The predicted octanol–water partition coefficient (Wildman–Crippen LogP) is 4.49. The van der Waals surface area contributed by atoms with E-state index in [2.05, 4.69) is 0 Å². The number of hydrogen-bond donors (Lipinski definition) is 0. The van der Waals surface area contributed by atoms with E-state index >= 15 is 0 Å². The number of benzene rings is 2. The highest BCUT2D eigenvalue weighted by Gasteiger charge is 2.36. The second-order valence-electron chi connectivity index (χ2n) is 6.58. The average molecular weight is 429 g/mol. The molecule has 0 radical (unpaired) electrons. The van der Waals surface area contributed by atoms with E-state index in [1.165, 1.54) is 34.1 Å². The van der Waals surface area contributed by atoms with Crippen LogP contribution in [0.2, 0.25) is 5.02 Å². The first kappa shape index (κ1) is 21.1. The maximum absolute atomic E-state index is 14.0. The van der Waals surface area contributed by atoms with Gasteiger partial charge in [-0.1, -0.05) is 29.8 Å². The van der Waals surface area contributed by atoms with E-state index in [0.29, 0.717) is 6.42 Å². The van der Waals surface area contributed by atoms with E-state index in [0.717, 1.165) is 18.2 Å². The second-order valence-corrected chi connectivity index (χ2v) is 6.99. The molecule has 0 N–H and O–H groups in total. The Morgan fingerprint density at radius 2 is 1.48 bits per heavy atom. The van der Waals surface area contributed by atoms with Gasteiger partial charge >= 0.3 is 6.18 Å². The fourth-order valence-electron chi connectivity index (χ4n) is 3.27. The van der Waals surface area contributed by atoms with Crippen molar-refractivity contribution in [2.75, 3.05) is 26.2 Å². The molecule has 2 aromatic rings. The highest BCUT2D eigenvalue weighted by Crippen LogP contribution is 2.32. The van der Waals surface area contributed by atoms with Gasteiger partial charge in [0.05, 0.1) is 21.7 Å². The third-order valence-corrected chi connectivity index (χ3v) is 5.02. The van der Waals surface area contributed by atoms with Crippen LogP contribution in [-0.2, 0) is 6.18 Å². The van der Waals surface area contributed by atoms with Crippen LogP contribution in [0.3, 0.4) is 0 Å². The Morgan fingerprint density at radius 1 is 0.862 bits per heavy atom. The minimum atomic E-state index is -4.65. The first-order chi connectivity index (χ1) is 13.7. The summed E-state index contributed by atoms with van der Waals surface area (Å²) in [5.41, 5.74) is -1.69. The van der Waals surface area contributed by atoms with Gasteiger partial charge in [-0.05, 0) is 30.7 Å². The Labute approximate surface area is 169 Å². The van der Waals surface area contributed by atoms with Crippen LogP contribution in [0.25, 0.3) is 0 Å².